The normalized spacial score (nSPS) is 18.8. The Morgan fingerprint density at radius 2 is 2.35 bits per heavy atom. The summed E-state index contributed by atoms with van der Waals surface area (Å²) in [4.78, 5) is 13.5. The Labute approximate surface area is 132 Å². The van der Waals surface area contributed by atoms with E-state index in [9.17, 15) is 4.79 Å². The topological polar surface area (TPSA) is 29.5 Å². The number of halogens is 2. The van der Waals surface area contributed by atoms with Crippen LogP contribution in [0.5, 0.6) is 5.75 Å². The number of ether oxygens (including phenoxy) is 1. The van der Waals surface area contributed by atoms with E-state index >= 15 is 0 Å². The van der Waals surface area contributed by atoms with Gasteiger partial charge in [-0.2, -0.15) is 0 Å². The number of allylic oxidation sites excluding steroid dienone is 1. The summed E-state index contributed by atoms with van der Waals surface area (Å²) in [5, 5.41) is -0.474. The number of carbonyl (C=O) groups is 1. The molecule has 1 unspecified atom stereocenters. The molecule has 1 aromatic rings. The lowest BCUT2D eigenvalue weighted by Gasteiger charge is -2.28. The van der Waals surface area contributed by atoms with E-state index in [0.29, 0.717) is 13.0 Å². The van der Waals surface area contributed by atoms with Gasteiger partial charge in [-0.1, -0.05) is 18.7 Å². The monoisotopic (exact) mass is 355 g/mol. The average molecular weight is 357 g/mol. The molecule has 0 aromatic heterocycles. The van der Waals surface area contributed by atoms with E-state index in [1.807, 2.05) is 24.3 Å². The van der Waals surface area contributed by atoms with Gasteiger partial charge in [-0.3, -0.25) is 4.79 Å². The quantitative estimate of drug-likeness (QED) is 0.606. The van der Waals surface area contributed by atoms with Crippen molar-refractivity contribution in [1.29, 1.82) is 0 Å². The number of carbonyl (C=O) groups excluding carboxylic acids is 1. The molecule has 1 aromatic carbocycles. The predicted octanol–water partition coefficient (Wildman–Crippen LogP) is 3.82. The first-order valence-electron chi connectivity index (χ1n) is 6.20. The van der Waals surface area contributed by atoms with Crippen LogP contribution < -0.4 is 4.74 Å². The molecule has 0 N–H and O–H groups in total. The molecule has 0 saturated heterocycles. The molecule has 0 bridgehead atoms. The van der Waals surface area contributed by atoms with Crippen molar-refractivity contribution in [2.45, 2.75) is 11.8 Å². The van der Waals surface area contributed by atoms with Crippen molar-refractivity contribution >= 4 is 39.1 Å². The van der Waals surface area contributed by atoms with Crippen LogP contribution in [0.2, 0.25) is 0 Å². The lowest BCUT2D eigenvalue weighted by Crippen LogP contribution is -2.35. The Balaban J connectivity index is 2.29. The van der Waals surface area contributed by atoms with Gasteiger partial charge in [0, 0.05) is 22.8 Å². The van der Waals surface area contributed by atoms with Crippen molar-refractivity contribution in [3.63, 3.8) is 0 Å². The van der Waals surface area contributed by atoms with Gasteiger partial charge in [-0.05, 0) is 40.5 Å². The molecule has 2 rings (SSSR count). The van der Waals surface area contributed by atoms with Crippen molar-refractivity contribution < 1.29 is 9.53 Å². The fourth-order valence-electron chi connectivity index (χ4n) is 2.02. The highest BCUT2D eigenvalue weighted by Gasteiger charge is 2.27. The number of alkyl halides is 1. The molecule has 1 aliphatic heterocycles. The maximum Gasteiger partial charge on any atom is 0.245 e. The molecule has 1 atom stereocenters. The van der Waals surface area contributed by atoms with Gasteiger partial charge < -0.3 is 9.64 Å². The summed E-state index contributed by atoms with van der Waals surface area (Å²) < 4.78 is 6.35. The summed E-state index contributed by atoms with van der Waals surface area (Å²) in [6.07, 6.45) is 4.21. The third kappa shape index (κ3) is 3.07. The highest BCUT2D eigenvalue weighted by Crippen LogP contribution is 2.33. The van der Waals surface area contributed by atoms with Gasteiger partial charge in [0.2, 0.25) is 5.91 Å². The van der Waals surface area contributed by atoms with Gasteiger partial charge in [-0.25, -0.2) is 0 Å². The summed E-state index contributed by atoms with van der Waals surface area (Å²) in [7, 11) is 1.73. The molecule has 1 amide bonds. The SMILES string of the molecule is C=CCOc1ccc(C2=CCC(Cl)C(=O)N2C)c(Br)c1. The van der Waals surface area contributed by atoms with Crippen molar-refractivity contribution in [2.24, 2.45) is 0 Å². The third-order valence-electron chi connectivity index (χ3n) is 3.06. The lowest BCUT2D eigenvalue weighted by molar-refractivity contribution is -0.126. The van der Waals surface area contributed by atoms with Crippen LogP contribution in [0.4, 0.5) is 0 Å². The summed E-state index contributed by atoms with van der Waals surface area (Å²) in [6, 6.07) is 5.67. The number of rotatable bonds is 4. The van der Waals surface area contributed by atoms with Crippen LogP contribution in [-0.2, 0) is 4.79 Å². The molecule has 0 radical (unpaired) electrons. The van der Waals surface area contributed by atoms with Gasteiger partial charge >= 0.3 is 0 Å². The second kappa shape index (κ2) is 6.46. The van der Waals surface area contributed by atoms with Gasteiger partial charge in [0.05, 0.1) is 0 Å². The van der Waals surface area contributed by atoms with E-state index in [0.717, 1.165) is 21.5 Å². The Morgan fingerprint density at radius 1 is 1.60 bits per heavy atom. The Kier molecular flexibility index (Phi) is 4.89. The van der Waals surface area contributed by atoms with Gasteiger partial charge in [0.15, 0.2) is 0 Å². The van der Waals surface area contributed by atoms with E-state index in [1.54, 1.807) is 18.0 Å². The van der Waals surface area contributed by atoms with Crippen LogP contribution in [-0.4, -0.2) is 29.8 Å². The van der Waals surface area contributed by atoms with Crippen LogP contribution in [0, 0.1) is 0 Å². The van der Waals surface area contributed by atoms with Crippen molar-refractivity contribution in [3.05, 3.63) is 47.0 Å². The Bertz CT molecular complexity index is 571. The minimum Gasteiger partial charge on any atom is -0.490 e. The molecule has 20 heavy (non-hydrogen) atoms. The molecule has 1 aliphatic rings. The van der Waals surface area contributed by atoms with Gasteiger partial charge in [0.25, 0.3) is 0 Å². The van der Waals surface area contributed by atoms with Gasteiger partial charge in [0.1, 0.15) is 17.7 Å². The fraction of sp³-hybridized carbons (Fsp3) is 0.267. The molecule has 0 fully saturated rings. The largest absolute Gasteiger partial charge is 0.490 e. The fourth-order valence-corrected chi connectivity index (χ4v) is 2.82. The highest BCUT2D eigenvalue weighted by molar-refractivity contribution is 9.10. The first kappa shape index (κ1) is 15.1. The highest BCUT2D eigenvalue weighted by atomic mass is 79.9. The Hall–Kier alpha value is -1.26. The van der Waals surface area contributed by atoms with E-state index < -0.39 is 5.38 Å². The Morgan fingerprint density at radius 3 is 3.00 bits per heavy atom. The predicted molar refractivity (Wildman–Crippen MR) is 84.8 cm³/mol. The number of hydrogen-bond donors (Lipinski definition) is 0. The van der Waals surface area contributed by atoms with E-state index in [4.69, 9.17) is 16.3 Å². The van der Waals surface area contributed by atoms with Crippen molar-refractivity contribution in [1.82, 2.24) is 4.90 Å². The second-order valence-electron chi connectivity index (χ2n) is 4.43. The summed E-state index contributed by atoms with van der Waals surface area (Å²) >= 11 is 9.48. The van der Waals surface area contributed by atoms with E-state index in [2.05, 4.69) is 22.5 Å². The zero-order chi connectivity index (χ0) is 14.7. The maximum absolute atomic E-state index is 11.9. The summed E-state index contributed by atoms with van der Waals surface area (Å²) in [6.45, 7) is 4.07. The van der Waals surface area contributed by atoms with Crippen LogP contribution in [0.3, 0.4) is 0 Å². The molecule has 3 nitrogen and oxygen atoms in total. The number of hydrogen-bond acceptors (Lipinski definition) is 2. The molecule has 0 spiro atoms. The minimum absolute atomic E-state index is 0.0805. The summed E-state index contributed by atoms with van der Waals surface area (Å²) in [5.41, 5.74) is 1.80. The van der Waals surface area contributed by atoms with Gasteiger partial charge in [-0.15, -0.1) is 11.6 Å². The molecule has 5 heteroatoms. The minimum atomic E-state index is -0.474. The zero-order valence-corrected chi connectivity index (χ0v) is 13.4. The van der Waals surface area contributed by atoms with Crippen molar-refractivity contribution in [2.75, 3.05) is 13.7 Å². The van der Waals surface area contributed by atoms with Crippen LogP contribution in [0.15, 0.2) is 41.4 Å². The molecular formula is C15H15BrClNO2. The molecule has 1 heterocycles. The average Bonchev–Trinajstić information content (AvgIpc) is 2.44. The molecule has 0 aliphatic carbocycles. The zero-order valence-electron chi connectivity index (χ0n) is 11.1. The van der Waals surface area contributed by atoms with E-state index in [1.165, 1.54) is 0 Å². The van der Waals surface area contributed by atoms with Crippen LogP contribution >= 0.6 is 27.5 Å². The maximum atomic E-state index is 11.9. The second-order valence-corrected chi connectivity index (χ2v) is 5.81. The van der Waals surface area contributed by atoms with E-state index in [-0.39, 0.29) is 5.91 Å². The summed E-state index contributed by atoms with van der Waals surface area (Å²) in [5.74, 6) is 0.671. The molecule has 0 saturated carbocycles. The van der Waals surface area contributed by atoms with Crippen molar-refractivity contribution in [3.8, 4) is 5.75 Å². The standard InChI is InChI=1S/C15H15BrClNO2/c1-3-8-20-10-4-5-11(12(16)9-10)14-7-6-13(17)15(19)18(14)2/h3-5,7,9,13H,1,6,8H2,2H3. The molecular weight excluding hydrogens is 342 g/mol. The third-order valence-corrected chi connectivity index (χ3v) is 4.08. The number of benzene rings is 1. The van der Waals surface area contributed by atoms with Crippen LogP contribution in [0.25, 0.3) is 5.70 Å². The number of nitrogens with zero attached hydrogens (tertiary/aromatic N) is 1. The smallest absolute Gasteiger partial charge is 0.245 e. The van der Waals surface area contributed by atoms with Crippen LogP contribution in [0.1, 0.15) is 12.0 Å². The first-order chi connectivity index (χ1) is 9.54. The lowest BCUT2D eigenvalue weighted by atomic mass is 10.0. The molecule has 106 valence electrons. The first-order valence-corrected chi connectivity index (χ1v) is 7.43. The number of amides is 1.